The van der Waals surface area contributed by atoms with E-state index in [-0.39, 0.29) is 11.6 Å². The second-order valence-corrected chi connectivity index (χ2v) is 5.41. The van der Waals surface area contributed by atoms with Crippen molar-refractivity contribution in [3.63, 3.8) is 0 Å². The van der Waals surface area contributed by atoms with Crippen LogP contribution in [0.15, 0.2) is 53.9 Å². The van der Waals surface area contributed by atoms with Crippen LogP contribution in [-0.2, 0) is 6.54 Å². The molecule has 0 unspecified atom stereocenters. The highest BCUT2D eigenvalue weighted by Gasteiger charge is 2.05. The maximum atomic E-state index is 12.9. The first-order valence-electron chi connectivity index (χ1n) is 6.44. The summed E-state index contributed by atoms with van der Waals surface area (Å²) in [4.78, 5) is 4.53. The molecule has 0 spiro atoms. The van der Waals surface area contributed by atoms with Gasteiger partial charge in [0.15, 0.2) is 0 Å². The summed E-state index contributed by atoms with van der Waals surface area (Å²) in [6.45, 7) is 0.600. The molecule has 0 saturated heterocycles. The fourth-order valence-corrected chi connectivity index (χ4v) is 2.71. The van der Waals surface area contributed by atoms with Crippen molar-refractivity contribution in [1.82, 2.24) is 4.98 Å². The number of phenolic OH excluding ortho intramolecular Hbond substituents is 1. The molecule has 1 heterocycles. The fraction of sp³-hybridized carbons (Fsp3) is 0.0625. The third-order valence-corrected chi connectivity index (χ3v) is 3.92. The molecule has 106 valence electrons. The van der Waals surface area contributed by atoms with Crippen molar-refractivity contribution in [2.24, 2.45) is 0 Å². The van der Waals surface area contributed by atoms with Gasteiger partial charge in [-0.2, -0.15) is 0 Å². The Balaban J connectivity index is 1.67. The fourth-order valence-electron chi connectivity index (χ4n) is 1.89. The standard InChI is InChI=1S/C16H13FN2OS/c17-12-3-1-11(2-4-12)16-19-14(10-21-16)9-18-13-5-7-15(20)8-6-13/h1-8,10,18,20H,9H2. The minimum atomic E-state index is -0.246. The van der Waals surface area contributed by atoms with Crippen LogP contribution >= 0.6 is 11.3 Å². The van der Waals surface area contributed by atoms with E-state index in [0.29, 0.717) is 6.54 Å². The highest BCUT2D eigenvalue weighted by molar-refractivity contribution is 7.13. The molecule has 0 bridgehead atoms. The van der Waals surface area contributed by atoms with Gasteiger partial charge in [0.1, 0.15) is 16.6 Å². The number of anilines is 1. The van der Waals surface area contributed by atoms with Gasteiger partial charge in [0, 0.05) is 16.6 Å². The lowest BCUT2D eigenvalue weighted by Crippen LogP contribution is -1.99. The average molecular weight is 300 g/mol. The predicted octanol–water partition coefficient (Wildman–Crippen LogP) is 4.27. The minimum Gasteiger partial charge on any atom is -0.508 e. The van der Waals surface area contributed by atoms with E-state index >= 15 is 0 Å². The first-order chi connectivity index (χ1) is 10.2. The van der Waals surface area contributed by atoms with E-state index in [1.807, 2.05) is 17.5 Å². The van der Waals surface area contributed by atoms with Gasteiger partial charge in [-0.25, -0.2) is 9.37 Å². The van der Waals surface area contributed by atoms with Crippen LogP contribution in [0.25, 0.3) is 10.6 Å². The number of aromatic hydroxyl groups is 1. The zero-order valence-corrected chi connectivity index (χ0v) is 11.9. The van der Waals surface area contributed by atoms with Crippen LogP contribution in [0.2, 0.25) is 0 Å². The molecular weight excluding hydrogens is 287 g/mol. The number of nitrogens with zero attached hydrogens (tertiary/aromatic N) is 1. The van der Waals surface area contributed by atoms with Gasteiger partial charge in [0.05, 0.1) is 12.2 Å². The first kappa shape index (κ1) is 13.6. The molecule has 0 aliphatic rings. The van der Waals surface area contributed by atoms with E-state index in [1.54, 1.807) is 24.3 Å². The van der Waals surface area contributed by atoms with Crippen molar-refractivity contribution in [3.05, 3.63) is 65.4 Å². The molecule has 0 fully saturated rings. The van der Waals surface area contributed by atoms with Gasteiger partial charge in [-0.15, -0.1) is 11.3 Å². The molecule has 5 heteroatoms. The van der Waals surface area contributed by atoms with Crippen LogP contribution in [0, 0.1) is 5.82 Å². The Hall–Kier alpha value is -2.40. The Morgan fingerprint density at radius 2 is 1.76 bits per heavy atom. The Labute approximate surface area is 125 Å². The number of phenols is 1. The van der Waals surface area contributed by atoms with Crippen molar-refractivity contribution in [1.29, 1.82) is 0 Å². The molecule has 0 amide bonds. The number of nitrogens with one attached hydrogen (secondary N) is 1. The lowest BCUT2D eigenvalue weighted by Gasteiger charge is -2.04. The zero-order chi connectivity index (χ0) is 14.7. The molecule has 0 aliphatic heterocycles. The minimum absolute atomic E-state index is 0.243. The summed E-state index contributed by atoms with van der Waals surface area (Å²) in [7, 11) is 0. The van der Waals surface area contributed by atoms with Gasteiger partial charge in [-0.05, 0) is 48.5 Å². The normalized spacial score (nSPS) is 10.5. The highest BCUT2D eigenvalue weighted by atomic mass is 32.1. The second-order valence-electron chi connectivity index (χ2n) is 4.55. The van der Waals surface area contributed by atoms with E-state index in [9.17, 15) is 9.50 Å². The molecule has 3 nitrogen and oxygen atoms in total. The maximum absolute atomic E-state index is 12.9. The molecule has 0 saturated carbocycles. The van der Waals surface area contributed by atoms with E-state index in [2.05, 4.69) is 10.3 Å². The summed E-state index contributed by atoms with van der Waals surface area (Å²) in [5.41, 5.74) is 2.76. The number of rotatable bonds is 4. The van der Waals surface area contributed by atoms with Crippen molar-refractivity contribution in [3.8, 4) is 16.3 Å². The van der Waals surface area contributed by atoms with Gasteiger partial charge in [-0.1, -0.05) is 0 Å². The van der Waals surface area contributed by atoms with Crippen molar-refractivity contribution < 1.29 is 9.50 Å². The summed E-state index contributed by atoms with van der Waals surface area (Å²) < 4.78 is 12.9. The molecule has 1 aromatic heterocycles. The van der Waals surface area contributed by atoms with Gasteiger partial charge in [-0.3, -0.25) is 0 Å². The third kappa shape index (κ3) is 3.38. The Bertz CT molecular complexity index is 723. The van der Waals surface area contributed by atoms with Crippen molar-refractivity contribution >= 4 is 17.0 Å². The lowest BCUT2D eigenvalue weighted by molar-refractivity contribution is 0.475. The molecule has 0 radical (unpaired) electrons. The predicted molar refractivity (Wildman–Crippen MR) is 82.9 cm³/mol. The number of hydrogen-bond donors (Lipinski definition) is 2. The Kier molecular flexibility index (Phi) is 3.83. The van der Waals surface area contributed by atoms with E-state index < -0.39 is 0 Å². The lowest BCUT2D eigenvalue weighted by atomic mass is 10.2. The number of aromatic nitrogens is 1. The van der Waals surface area contributed by atoms with E-state index in [0.717, 1.165) is 22.0 Å². The van der Waals surface area contributed by atoms with Gasteiger partial charge < -0.3 is 10.4 Å². The van der Waals surface area contributed by atoms with Crippen LogP contribution in [0.4, 0.5) is 10.1 Å². The molecule has 0 atom stereocenters. The van der Waals surface area contributed by atoms with Gasteiger partial charge in [0.2, 0.25) is 0 Å². The van der Waals surface area contributed by atoms with Crippen molar-refractivity contribution in [2.45, 2.75) is 6.54 Å². The van der Waals surface area contributed by atoms with Crippen LogP contribution in [0.3, 0.4) is 0 Å². The topological polar surface area (TPSA) is 45.1 Å². The Morgan fingerprint density at radius 1 is 1.05 bits per heavy atom. The molecule has 21 heavy (non-hydrogen) atoms. The highest BCUT2D eigenvalue weighted by Crippen LogP contribution is 2.24. The summed E-state index contributed by atoms with van der Waals surface area (Å²) in [6, 6.07) is 13.2. The Morgan fingerprint density at radius 3 is 2.48 bits per heavy atom. The van der Waals surface area contributed by atoms with E-state index in [1.165, 1.54) is 23.5 Å². The summed E-state index contributed by atoms with van der Waals surface area (Å²) in [5.74, 6) is -0.00247. The largest absolute Gasteiger partial charge is 0.508 e. The molecular formula is C16H13FN2OS. The smallest absolute Gasteiger partial charge is 0.123 e. The number of halogens is 1. The van der Waals surface area contributed by atoms with Crippen molar-refractivity contribution in [2.75, 3.05) is 5.32 Å². The average Bonchev–Trinajstić information content (AvgIpc) is 2.96. The number of benzene rings is 2. The summed E-state index contributed by atoms with van der Waals surface area (Å²) >= 11 is 1.53. The van der Waals surface area contributed by atoms with Crippen LogP contribution in [0.5, 0.6) is 5.75 Å². The molecule has 2 aromatic carbocycles. The number of thiazole rings is 1. The van der Waals surface area contributed by atoms with E-state index in [4.69, 9.17) is 0 Å². The van der Waals surface area contributed by atoms with Crippen LogP contribution in [0.1, 0.15) is 5.69 Å². The van der Waals surface area contributed by atoms with Crippen LogP contribution < -0.4 is 5.32 Å². The van der Waals surface area contributed by atoms with Gasteiger partial charge in [0.25, 0.3) is 0 Å². The molecule has 2 N–H and O–H groups in total. The van der Waals surface area contributed by atoms with Gasteiger partial charge >= 0.3 is 0 Å². The molecule has 3 rings (SSSR count). The third-order valence-electron chi connectivity index (χ3n) is 2.98. The molecule has 0 aliphatic carbocycles. The SMILES string of the molecule is Oc1ccc(NCc2csc(-c3ccc(F)cc3)n2)cc1. The summed E-state index contributed by atoms with van der Waals surface area (Å²) in [5, 5.41) is 15.3. The van der Waals surface area contributed by atoms with Crippen LogP contribution in [-0.4, -0.2) is 10.1 Å². The number of hydrogen-bond acceptors (Lipinski definition) is 4. The summed E-state index contributed by atoms with van der Waals surface area (Å²) in [6.07, 6.45) is 0. The molecule has 3 aromatic rings. The maximum Gasteiger partial charge on any atom is 0.123 e. The zero-order valence-electron chi connectivity index (χ0n) is 11.1. The quantitative estimate of drug-likeness (QED) is 0.707. The first-order valence-corrected chi connectivity index (χ1v) is 7.32. The monoisotopic (exact) mass is 300 g/mol. The second kappa shape index (κ2) is 5.93.